The summed E-state index contributed by atoms with van der Waals surface area (Å²) < 4.78 is 5.31. The lowest BCUT2D eigenvalue weighted by Crippen LogP contribution is -2.23. The Hall–Kier alpha value is -1.49. The Morgan fingerprint density at radius 1 is 1.40 bits per heavy atom. The predicted molar refractivity (Wildman–Crippen MR) is 55.9 cm³/mol. The molecule has 0 aliphatic rings. The number of hydrogen-bond acceptors (Lipinski definition) is 5. The molecule has 1 heterocycles. The number of aryl methyl sites for hydroxylation is 2. The molecule has 1 N–H and O–H groups in total. The smallest absolute Gasteiger partial charge is 0.316 e. The second-order valence-corrected chi connectivity index (χ2v) is 3.15. The molecule has 0 aliphatic carbocycles. The van der Waals surface area contributed by atoms with Crippen molar-refractivity contribution < 1.29 is 9.53 Å². The summed E-state index contributed by atoms with van der Waals surface area (Å²) in [7, 11) is 0. The van der Waals surface area contributed by atoms with Crippen molar-refractivity contribution in [1.29, 1.82) is 0 Å². The van der Waals surface area contributed by atoms with Gasteiger partial charge in [0, 0.05) is 17.9 Å². The van der Waals surface area contributed by atoms with E-state index in [2.05, 4.69) is 15.3 Å². The van der Waals surface area contributed by atoms with Crippen molar-refractivity contribution in [2.45, 2.75) is 13.8 Å². The number of ether oxygens (including phenoxy) is 1. The monoisotopic (exact) mass is 209 g/mol. The van der Waals surface area contributed by atoms with Gasteiger partial charge in [0.25, 0.3) is 0 Å². The number of aldehydes is 1. The average molecular weight is 209 g/mol. The Labute approximate surface area is 88.9 Å². The van der Waals surface area contributed by atoms with E-state index in [0.717, 1.165) is 17.7 Å². The maximum absolute atomic E-state index is 10.00. The molecule has 0 saturated carbocycles. The lowest BCUT2D eigenvalue weighted by molar-refractivity contribution is -0.107. The summed E-state index contributed by atoms with van der Waals surface area (Å²) in [6, 6.07) is 2.28. The third kappa shape index (κ3) is 4.51. The van der Waals surface area contributed by atoms with E-state index < -0.39 is 0 Å². The van der Waals surface area contributed by atoms with E-state index in [1.165, 1.54) is 0 Å². The quantitative estimate of drug-likeness (QED) is 0.538. The molecule has 82 valence electrons. The first-order chi connectivity index (χ1) is 7.22. The highest BCUT2D eigenvalue weighted by atomic mass is 16.5. The molecule has 1 aromatic heterocycles. The van der Waals surface area contributed by atoms with Crippen molar-refractivity contribution in [2.24, 2.45) is 0 Å². The molecule has 5 nitrogen and oxygen atoms in total. The molecule has 0 unspecified atom stereocenters. The van der Waals surface area contributed by atoms with Crippen LogP contribution in [0.5, 0.6) is 6.01 Å². The first-order valence-corrected chi connectivity index (χ1v) is 4.82. The van der Waals surface area contributed by atoms with E-state index in [-0.39, 0.29) is 0 Å². The molecule has 0 fully saturated rings. The Kier molecular flexibility index (Phi) is 4.70. The van der Waals surface area contributed by atoms with Crippen LogP contribution in [0.15, 0.2) is 6.07 Å². The van der Waals surface area contributed by atoms with Crippen LogP contribution in [-0.2, 0) is 4.79 Å². The molecule has 1 aromatic rings. The van der Waals surface area contributed by atoms with Crippen LogP contribution in [0.2, 0.25) is 0 Å². The van der Waals surface area contributed by atoms with Crippen LogP contribution in [0, 0.1) is 13.8 Å². The van der Waals surface area contributed by atoms with Gasteiger partial charge in [-0.15, -0.1) is 0 Å². The number of carbonyl (C=O) groups excluding carboxylic acids is 1. The van der Waals surface area contributed by atoms with Crippen LogP contribution in [0.4, 0.5) is 0 Å². The minimum Gasteiger partial charge on any atom is -0.462 e. The van der Waals surface area contributed by atoms with E-state index in [1.807, 2.05) is 19.9 Å². The maximum atomic E-state index is 10.00. The number of nitrogens with one attached hydrogen (secondary N) is 1. The largest absolute Gasteiger partial charge is 0.462 e. The second kappa shape index (κ2) is 6.08. The molecule has 0 radical (unpaired) electrons. The molecule has 0 aromatic carbocycles. The van der Waals surface area contributed by atoms with E-state index in [0.29, 0.717) is 25.7 Å². The first kappa shape index (κ1) is 11.6. The number of nitrogens with zero attached hydrogens (tertiary/aromatic N) is 2. The topological polar surface area (TPSA) is 64.1 Å². The Morgan fingerprint density at radius 2 is 2.07 bits per heavy atom. The van der Waals surface area contributed by atoms with Crippen LogP contribution < -0.4 is 10.1 Å². The standard InChI is InChI=1S/C10H15N3O2/c1-8-7-9(2)13-10(12-8)15-6-4-11-3-5-14/h5,7,11H,3-4,6H2,1-2H3. The van der Waals surface area contributed by atoms with E-state index in [9.17, 15) is 4.79 Å². The first-order valence-electron chi connectivity index (χ1n) is 4.82. The van der Waals surface area contributed by atoms with Crippen molar-refractivity contribution in [1.82, 2.24) is 15.3 Å². The van der Waals surface area contributed by atoms with Gasteiger partial charge in [0.2, 0.25) is 0 Å². The summed E-state index contributed by atoms with van der Waals surface area (Å²) in [6.45, 7) is 5.20. The summed E-state index contributed by atoms with van der Waals surface area (Å²) in [5.41, 5.74) is 1.77. The second-order valence-electron chi connectivity index (χ2n) is 3.15. The summed E-state index contributed by atoms with van der Waals surface area (Å²) in [4.78, 5) is 18.2. The lowest BCUT2D eigenvalue weighted by Gasteiger charge is -2.05. The molecule has 5 heteroatoms. The van der Waals surface area contributed by atoms with Crippen molar-refractivity contribution in [3.8, 4) is 6.01 Å². The van der Waals surface area contributed by atoms with Gasteiger partial charge in [-0.3, -0.25) is 0 Å². The summed E-state index contributed by atoms with van der Waals surface area (Å²) >= 11 is 0. The molecule has 15 heavy (non-hydrogen) atoms. The van der Waals surface area contributed by atoms with Gasteiger partial charge >= 0.3 is 6.01 Å². The average Bonchev–Trinajstić information content (AvgIpc) is 2.16. The minimum absolute atomic E-state index is 0.344. The highest BCUT2D eigenvalue weighted by molar-refractivity contribution is 5.51. The maximum Gasteiger partial charge on any atom is 0.316 e. The van der Waals surface area contributed by atoms with E-state index >= 15 is 0 Å². The zero-order valence-corrected chi connectivity index (χ0v) is 8.99. The summed E-state index contributed by atoms with van der Waals surface area (Å²) in [5.74, 6) is 0. The molecule has 0 saturated heterocycles. The lowest BCUT2D eigenvalue weighted by atomic mass is 10.4. The Morgan fingerprint density at radius 3 is 2.67 bits per heavy atom. The van der Waals surface area contributed by atoms with Crippen LogP contribution in [-0.4, -0.2) is 36.0 Å². The molecule has 0 amide bonds. The SMILES string of the molecule is Cc1cc(C)nc(OCCNCC=O)n1. The number of aromatic nitrogens is 2. The van der Waals surface area contributed by atoms with Gasteiger partial charge in [0.15, 0.2) is 0 Å². The molecule has 0 atom stereocenters. The van der Waals surface area contributed by atoms with Gasteiger partial charge in [-0.25, -0.2) is 9.97 Å². The van der Waals surface area contributed by atoms with Gasteiger partial charge in [-0.1, -0.05) is 0 Å². The van der Waals surface area contributed by atoms with Crippen molar-refractivity contribution in [2.75, 3.05) is 19.7 Å². The van der Waals surface area contributed by atoms with Crippen molar-refractivity contribution >= 4 is 6.29 Å². The van der Waals surface area contributed by atoms with Gasteiger partial charge in [0.05, 0.1) is 6.54 Å². The van der Waals surface area contributed by atoms with Gasteiger partial charge < -0.3 is 14.8 Å². The van der Waals surface area contributed by atoms with Gasteiger partial charge in [-0.05, 0) is 19.9 Å². The summed E-state index contributed by atoms with van der Waals surface area (Å²) in [6.07, 6.45) is 0.813. The molecule has 0 aliphatic heterocycles. The fourth-order valence-electron chi connectivity index (χ4n) is 1.13. The highest BCUT2D eigenvalue weighted by Crippen LogP contribution is 2.05. The van der Waals surface area contributed by atoms with Crippen LogP contribution in [0.3, 0.4) is 0 Å². The van der Waals surface area contributed by atoms with E-state index in [1.54, 1.807) is 0 Å². The number of rotatable bonds is 6. The Bertz CT molecular complexity index is 308. The van der Waals surface area contributed by atoms with Crippen LogP contribution in [0.1, 0.15) is 11.4 Å². The number of hydrogen-bond donors (Lipinski definition) is 1. The highest BCUT2D eigenvalue weighted by Gasteiger charge is 1.99. The van der Waals surface area contributed by atoms with Gasteiger partial charge in [-0.2, -0.15) is 0 Å². The zero-order valence-electron chi connectivity index (χ0n) is 8.99. The summed E-state index contributed by atoms with van der Waals surface area (Å²) in [5, 5.41) is 2.89. The molecule has 1 rings (SSSR count). The molecule has 0 bridgehead atoms. The number of carbonyl (C=O) groups is 1. The third-order valence-corrected chi connectivity index (χ3v) is 1.70. The fourth-order valence-corrected chi connectivity index (χ4v) is 1.13. The van der Waals surface area contributed by atoms with Gasteiger partial charge in [0.1, 0.15) is 12.9 Å². The van der Waals surface area contributed by atoms with Crippen LogP contribution in [0.25, 0.3) is 0 Å². The zero-order chi connectivity index (χ0) is 11.1. The van der Waals surface area contributed by atoms with Crippen molar-refractivity contribution in [3.63, 3.8) is 0 Å². The minimum atomic E-state index is 0.344. The predicted octanol–water partition coefficient (Wildman–Crippen LogP) is 0.261. The van der Waals surface area contributed by atoms with Crippen molar-refractivity contribution in [3.05, 3.63) is 17.5 Å². The molecular formula is C10H15N3O2. The van der Waals surface area contributed by atoms with E-state index in [4.69, 9.17) is 4.74 Å². The normalized spacial score (nSPS) is 10.0. The third-order valence-electron chi connectivity index (χ3n) is 1.70. The van der Waals surface area contributed by atoms with Crippen LogP contribution >= 0.6 is 0 Å². The fraction of sp³-hybridized carbons (Fsp3) is 0.500. The molecular weight excluding hydrogens is 194 g/mol. The Balaban J connectivity index is 2.33. The molecule has 0 spiro atoms.